The Balaban J connectivity index is 2.52. The maximum Gasteiger partial charge on any atom is 0.328 e. The van der Waals surface area contributed by atoms with Crippen molar-refractivity contribution in [3.63, 3.8) is 0 Å². The predicted molar refractivity (Wildman–Crippen MR) is 69.8 cm³/mol. The lowest BCUT2D eigenvalue weighted by molar-refractivity contribution is -0.153. The fourth-order valence-electron chi connectivity index (χ4n) is 1.60. The van der Waals surface area contributed by atoms with Gasteiger partial charge in [-0.2, -0.15) is 0 Å². The van der Waals surface area contributed by atoms with Crippen LogP contribution in [0.2, 0.25) is 0 Å². The van der Waals surface area contributed by atoms with E-state index in [1.54, 1.807) is 0 Å². The van der Waals surface area contributed by atoms with Gasteiger partial charge in [-0.15, -0.1) is 0 Å². The summed E-state index contributed by atoms with van der Waals surface area (Å²) in [6, 6.07) is 9.39. The summed E-state index contributed by atoms with van der Waals surface area (Å²) in [5.41, 5.74) is 5.50. The van der Waals surface area contributed by atoms with Gasteiger partial charge >= 0.3 is 5.97 Å². The molecule has 0 aliphatic rings. The van der Waals surface area contributed by atoms with Gasteiger partial charge in [-0.05, 0) is 12.0 Å². The summed E-state index contributed by atoms with van der Waals surface area (Å²) in [6.07, 6.45) is 2.15. The zero-order valence-corrected chi connectivity index (χ0v) is 10.8. The van der Waals surface area contributed by atoms with Crippen LogP contribution in [0.5, 0.6) is 0 Å². The molecule has 100 valence electrons. The molecule has 0 heterocycles. The zero-order chi connectivity index (χ0) is 13.4. The number of benzene rings is 1. The molecule has 0 aromatic heterocycles. The molecule has 3 N–H and O–H groups in total. The standard InChI is InChI=1S/C14H21NO3/c1-2-3-9-14(15,11-16)13(17)18-10-12-7-5-4-6-8-12/h4-8,16H,2-3,9-11,15H2,1H3/t14-/m0/s1. The lowest BCUT2D eigenvalue weighted by Gasteiger charge is -2.24. The molecule has 0 saturated carbocycles. The highest BCUT2D eigenvalue weighted by molar-refractivity contribution is 5.80. The Morgan fingerprint density at radius 1 is 1.39 bits per heavy atom. The highest BCUT2D eigenvalue weighted by atomic mass is 16.5. The summed E-state index contributed by atoms with van der Waals surface area (Å²) in [5, 5.41) is 9.25. The summed E-state index contributed by atoms with van der Waals surface area (Å²) >= 11 is 0. The molecule has 0 amide bonds. The van der Waals surface area contributed by atoms with E-state index >= 15 is 0 Å². The van der Waals surface area contributed by atoms with Crippen LogP contribution in [0, 0.1) is 0 Å². The second kappa shape index (κ2) is 7.13. The summed E-state index contributed by atoms with van der Waals surface area (Å²) in [6.45, 7) is 1.80. The number of hydrogen-bond acceptors (Lipinski definition) is 4. The fraction of sp³-hybridized carbons (Fsp3) is 0.500. The second-order valence-corrected chi connectivity index (χ2v) is 4.48. The number of unbranched alkanes of at least 4 members (excludes halogenated alkanes) is 1. The molecular formula is C14H21NO3. The van der Waals surface area contributed by atoms with Gasteiger partial charge in [0.25, 0.3) is 0 Å². The van der Waals surface area contributed by atoms with Crippen molar-refractivity contribution in [3.05, 3.63) is 35.9 Å². The molecule has 4 nitrogen and oxygen atoms in total. The Morgan fingerprint density at radius 2 is 2.06 bits per heavy atom. The third-order valence-electron chi connectivity index (χ3n) is 2.88. The zero-order valence-electron chi connectivity index (χ0n) is 10.8. The number of hydrogen-bond donors (Lipinski definition) is 2. The minimum absolute atomic E-state index is 0.185. The van der Waals surface area contributed by atoms with Crippen LogP contribution in [-0.4, -0.2) is 23.2 Å². The summed E-state index contributed by atoms with van der Waals surface area (Å²) in [7, 11) is 0. The van der Waals surface area contributed by atoms with Crippen LogP contribution in [0.4, 0.5) is 0 Å². The van der Waals surface area contributed by atoms with Crippen LogP contribution < -0.4 is 5.73 Å². The molecule has 0 radical (unpaired) electrons. The van der Waals surface area contributed by atoms with Crippen molar-refractivity contribution >= 4 is 5.97 Å². The molecule has 0 fully saturated rings. The maximum atomic E-state index is 11.9. The maximum absolute atomic E-state index is 11.9. The lowest BCUT2D eigenvalue weighted by Crippen LogP contribution is -2.52. The largest absolute Gasteiger partial charge is 0.459 e. The van der Waals surface area contributed by atoms with Crippen LogP contribution in [0.15, 0.2) is 30.3 Å². The number of nitrogens with two attached hydrogens (primary N) is 1. The minimum atomic E-state index is -1.27. The SMILES string of the molecule is CCCC[C@](N)(CO)C(=O)OCc1ccccc1. The Hall–Kier alpha value is -1.39. The van der Waals surface area contributed by atoms with Crippen LogP contribution in [0.25, 0.3) is 0 Å². The van der Waals surface area contributed by atoms with Crippen molar-refractivity contribution in [2.75, 3.05) is 6.61 Å². The Bertz CT molecular complexity index is 367. The fourth-order valence-corrected chi connectivity index (χ4v) is 1.60. The van der Waals surface area contributed by atoms with Gasteiger partial charge in [-0.3, -0.25) is 0 Å². The van der Waals surface area contributed by atoms with E-state index in [0.717, 1.165) is 18.4 Å². The topological polar surface area (TPSA) is 72.5 Å². The minimum Gasteiger partial charge on any atom is -0.459 e. The van der Waals surface area contributed by atoms with E-state index in [2.05, 4.69) is 0 Å². The quantitative estimate of drug-likeness (QED) is 0.722. The van der Waals surface area contributed by atoms with Crippen LogP contribution in [0.1, 0.15) is 31.7 Å². The van der Waals surface area contributed by atoms with E-state index in [4.69, 9.17) is 10.5 Å². The number of carbonyl (C=O) groups is 1. The van der Waals surface area contributed by atoms with Crippen molar-refractivity contribution in [1.82, 2.24) is 0 Å². The third kappa shape index (κ3) is 4.13. The van der Waals surface area contributed by atoms with Gasteiger partial charge in [0.2, 0.25) is 0 Å². The molecule has 1 atom stereocenters. The van der Waals surface area contributed by atoms with Crippen LogP contribution in [0.3, 0.4) is 0 Å². The van der Waals surface area contributed by atoms with Gasteiger partial charge in [0.15, 0.2) is 0 Å². The number of carbonyl (C=O) groups excluding carboxylic acids is 1. The monoisotopic (exact) mass is 251 g/mol. The Morgan fingerprint density at radius 3 is 2.61 bits per heavy atom. The molecule has 0 saturated heterocycles. The van der Waals surface area contributed by atoms with Crippen molar-refractivity contribution in [2.45, 2.75) is 38.3 Å². The normalized spacial score (nSPS) is 13.9. The lowest BCUT2D eigenvalue weighted by atomic mass is 9.95. The molecule has 0 spiro atoms. The van der Waals surface area contributed by atoms with Gasteiger partial charge in [-0.25, -0.2) is 4.79 Å². The number of ether oxygens (including phenoxy) is 1. The van der Waals surface area contributed by atoms with E-state index in [1.165, 1.54) is 0 Å². The molecule has 0 unspecified atom stereocenters. The van der Waals surface area contributed by atoms with Gasteiger partial charge in [-0.1, -0.05) is 50.1 Å². The average molecular weight is 251 g/mol. The van der Waals surface area contributed by atoms with Gasteiger partial charge in [0.05, 0.1) is 6.61 Å². The first kappa shape index (κ1) is 14.7. The molecule has 4 heteroatoms. The first-order valence-corrected chi connectivity index (χ1v) is 6.23. The molecular weight excluding hydrogens is 230 g/mol. The van der Waals surface area contributed by atoms with E-state index < -0.39 is 11.5 Å². The van der Waals surface area contributed by atoms with E-state index in [9.17, 15) is 9.90 Å². The molecule has 1 aromatic carbocycles. The number of rotatable bonds is 7. The number of esters is 1. The van der Waals surface area contributed by atoms with E-state index in [-0.39, 0.29) is 13.2 Å². The number of aliphatic hydroxyl groups is 1. The number of aliphatic hydroxyl groups excluding tert-OH is 1. The second-order valence-electron chi connectivity index (χ2n) is 4.48. The predicted octanol–water partition coefficient (Wildman–Crippen LogP) is 1.61. The van der Waals surface area contributed by atoms with Crippen molar-refractivity contribution in [2.24, 2.45) is 5.73 Å². The first-order chi connectivity index (χ1) is 8.62. The highest BCUT2D eigenvalue weighted by Gasteiger charge is 2.34. The van der Waals surface area contributed by atoms with E-state index in [0.29, 0.717) is 6.42 Å². The molecule has 18 heavy (non-hydrogen) atoms. The Kier molecular flexibility index (Phi) is 5.82. The molecule has 1 aromatic rings. The summed E-state index contributed by atoms with van der Waals surface area (Å²) in [4.78, 5) is 11.9. The van der Waals surface area contributed by atoms with Gasteiger partial charge < -0.3 is 15.6 Å². The third-order valence-corrected chi connectivity index (χ3v) is 2.88. The van der Waals surface area contributed by atoms with Crippen molar-refractivity contribution < 1.29 is 14.6 Å². The van der Waals surface area contributed by atoms with Gasteiger partial charge in [0.1, 0.15) is 12.1 Å². The summed E-state index contributed by atoms with van der Waals surface area (Å²) in [5.74, 6) is -0.540. The first-order valence-electron chi connectivity index (χ1n) is 6.23. The van der Waals surface area contributed by atoms with E-state index in [1.807, 2.05) is 37.3 Å². The molecule has 0 bridgehead atoms. The molecule has 0 aliphatic heterocycles. The van der Waals surface area contributed by atoms with Crippen LogP contribution in [-0.2, 0) is 16.1 Å². The smallest absolute Gasteiger partial charge is 0.328 e. The van der Waals surface area contributed by atoms with Crippen molar-refractivity contribution in [3.8, 4) is 0 Å². The summed E-state index contributed by atoms with van der Waals surface area (Å²) < 4.78 is 5.16. The molecule has 1 rings (SSSR count). The van der Waals surface area contributed by atoms with Crippen molar-refractivity contribution in [1.29, 1.82) is 0 Å². The average Bonchev–Trinajstić information content (AvgIpc) is 2.43. The van der Waals surface area contributed by atoms with Crippen LogP contribution >= 0.6 is 0 Å². The van der Waals surface area contributed by atoms with Gasteiger partial charge in [0, 0.05) is 0 Å². The Labute approximate surface area is 108 Å². The highest BCUT2D eigenvalue weighted by Crippen LogP contribution is 2.14. The molecule has 0 aliphatic carbocycles.